The van der Waals surface area contributed by atoms with Gasteiger partial charge >= 0.3 is 0 Å². The Balaban J connectivity index is 1.45. The van der Waals surface area contributed by atoms with E-state index >= 15 is 0 Å². The SMILES string of the molecule is CC(C)CN1CCN(C(=O)C2CCN(C(=O)c3ccoc3)CC2)CC1. The predicted molar refractivity (Wildman–Crippen MR) is 95.2 cm³/mol. The molecule has 138 valence electrons. The number of hydrogen-bond acceptors (Lipinski definition) is 4. The summed E-state index contributed by atoms with van der Waals surface area (Å²) in [5, 5.41) is 0. The van der Waals surface area contributed by atoms with Gasteiger partial charge in [-0.2, -0.15) is 0 Å². The molecule has 6 heteroatoms. The minimum atomic E-state index is 0.00180. The lowest BCUT2D eigenvalue weighted by Gasteiger charge is -2.39. The quantitative estimate of drug-likeness (QED) is 0.835. The second-order valence-corrected chi connectivity index (χ2v) is 7.60. The molecule has 0 unspecified atom stereocenters. The normalized spacial score (nSPS) is 20.3. The molecule has 2 fully saturated rings. The third kappa shape index (κ3) is 4.42. The van der Waals surface area contributed by atoms with E-state index < -0.39 is 0 Å². The van der Waals surface area contributed by atoms with E-state index in [1.54, 1.807) is 6.07 Å². The first-order valence-electron chi connectivity index (χ1n) is 9.37. The fraction of sp³-hybridized carbons (Fsp3) is 0.684. The zero-order valence-electron chi connectivity index (χ0n) is 15.3. The molecule has 2 aliphatic rings. The highest BCUT2D eigenvalue weighted by atomic mass is 16.3. The first-order valence-corrected chi connectivity index (χ1v) is 9.37. The summed E-state index contributed by atoms with van der Waals surface area (Å²) in [4.78, 5) is 31.4. The van der Waals surface area contributed by atoms with E-state index in [2.05, 4.69) is 18.7 Å². The van der Waals surface area contributed by atoms with Crippen molar-refractivity contribution < 1.29 is 14.0 Å². The monoisotopic (exact) mass is 347 g/mol. The van der Waals surface area contributed by atoms with E-state index in [0.717, 1.165) is 45.6 Å². The van der Waals surface area contributed by atoms with Crippen LogP contribution in [-0.2, 0) is 4.79 Å². The van der Waals surface area contributed by atoms with Gasteiger partial charge in [-0.3, -0.25) is 14.5 Å². The number of likely N-dealkylation sites (tertiary alicyclic amines) is 1. The number of piperazine rings is 1. The molecule has 3 rings (SSSR count). The number of rotatable bonds is 4. The van der Waals surface area contributed by atoms with E-state index in [9.17, 15) is 9.59 Å². The van der Waals surface area contributed by atoms with Crippen molar-refractivity contribution >= 4 is 11.8 Å². The van der Waals surface area contributed by atoms with Crippen LogP contribution in [0.15, 0.2) is 23.0 Å². The predicted octanol–water partition coefficient (Wildman–Crippen LogP) is 1.93. The van der Waals surface area contributed by atoms with E-state index in [-0.39, 0.29) is 17.7 Å². The van der Waals surface area contributed by atoms with Gasteiger partial charge in [0, 0.05) is 51.7 Å². The molecule has 0 bridgehead atoms. The van der Waals surface area contributed by atoms with Gasteiger partial charge in [-0.1, -0.05) is 13.8 Å². The Labute approximate surface area is 149 Å². The Morgan fingerprint density at radius 1 is 1.08 bits per heavy atom. The minimum absolute atomic E-state index is 0.00180. The molecule has 25 heavy (non-hydrogen) atoms. The maximum Gasteiger partial charge on any atom is 0.257 e. The lowest BCUT2D eigenvalue weighted by molar-refractivity contribution is -0.138. The van der Waals surface area contributed by atoms with Crippen molar-refractivity contribution in [2.45, 2.75) is 26.7 Å². The molecule has 0 atom stereocenters. The molecule has 0 N–H and O–H groups in total. The van der Waals surface area contributed by atoms with Gasteiger partial charge < -0.3 is 14.2 Å². The highest BCUT2D eigenvalue weighted by Crippen LogP contribution is 2.22. The molecule has 2 amide bonds. The first-order chi connectivity index (χ1) is 12.0. The minimum Gasteiger partial charge on any atom is -0.472 e. The van der Waals surface area contributed by atoms with Gasteiger partial charge in [-0.25, -0.2) is 0 Å². The Morgan fingerprint density at radius 2 is 1.76 bits per heavy atom. The van der Waals surface area contributed by atoms with Crippen LogP contribution in [0.1, 0.15) is 37.0 Å². The largest absolute Gasteiger partial charge is 0.472 e. The van der Waals surface area contributed by atoms with Crippen LogP contribution in [0.4, 0.5) is 0 Å². The summed E-state index contributed by atoms with van der Waals surface area (Å²) in [6.07, 6.45) is 4.52. The average Bonchev–Trinajstić information content (AvgIpc) is 3.15. The number of amides is 2. The molecule has 1 aromatic rings. The Morgan fingerprint density at radius 3 is 2.32 bits per heavy atom. The first kappa shape index (κ1) is 18.0. The van der Waals surface area contributed by atoms with Crippen molar-refractivity contribution in [2.75, 3.05) is 45.8 Å². The van der Waals surface area contributed by atoms with Crippen LogP contribution in [0.5, 0.6) is 0 Å². The van der Waals surface area contributed by atoms with Gasteiger partial charge in [0.25, 0.3) is 5.91 Å². The molecule has 0 spiro atoms. The number of nitrogens with zero attached hydrogens (tertiary/aromatic N) is 3. The summed E-state index contributed by atoms with van der Waals surface area (Å²) in [6.45, 7) is 10.5. The maximum atomic E-state index is 12.8. The summed E-state index contributed by atoms with van der Waals surface area (Å²) < 4.78 is 4.99. The molecule has 0 aliphatic carbocycles. The van der Waals surface area contributed by atoms with E-state index in [0.29, 0.717) is 24.6 Å². The zero-order chi connectivity index (χ0) is 17.8. The van der Waals surface area contributed by atoms with E-state index in [1.165, 1.54) is 12.5 Å². The second-order valence-electron chi connectivity index (χ2n) is 7.60. The van der Waals surface area contributed by atoms with Gasteiger partial charge in [0.2, 0.25) is 5.91 Å². The third-order valence-corrected chi connectivity index (χ3v) is 5.21. The Bertz CT molecular complexity index is 569. The zero-order valence-corrected chi connectivity index (χ0v) is 15.3. The van der Waals surface area contributed by atoms with Gasteiger partial charge in [-0.05, 0) is 24.8 Å². The topological polar surface area (TPSA) is 57.0 Å². The van der Waals surface area contributed by atoms with Crippen molar-refractivity contribution in [2.24, 2.45) is 11.8 Å². The molecule has 1 aromatic heterocycles. The summed E-state index contributed by atoms with van der Waals surface area (Å²) in [5.74, 6) is 1.01. The fourth-order valence-corrected chi connectivity index (χ4v) is 3.82. The number of piperidine rings is 1. The molecule has 0 saturated carbocycles. The molecule has 2 aliphatic heterocycles. The highest BCUT2D eigenvalue weighted by Gasteiger charge is 2.32. The van der Waals surface area contributed by atoms with Crippen molar-refractivity contribution in [3.05, 3.63) is 24.2 Å². The smallest absolute Gasteiger partial charge is 0.257 e. The number of furan rings is 1. The Kier molecular flexibility index (Phi) is 5.78. The second kappa shape index (κ2) is 8.04. The molecule has 0 radical (unpaired) electrons. The molecule has 6 nitrogen and oxygen atoms in total. The van der Waals surface area contributed by atoms with E-state index in [1.807, 2.05) is 9.80 Å². The number of carbonyl (C=O) groups excluding carboxylic acids is 2. The van der Waals surface area contributed by atoms with Crippen molar-refractivity contribution in [1.82, 2.24) is 14.7 Å². The maximum absolute atomic E-state index is 12.8. The van der Waals surface area contributed by atoms with Gasteiger partial charge in [0.1, 0.15) is 6.26 Å². The number of carbonyl (C=O) groups is 2. The summed E-state index contributed by atoms with van der Waals surface area (Å²) in [6, 6.07) is 1.69. The van der Waals surface area contributed by atoms with Crippen LogP contribution in [0.3, 0.4) is 0 Å². The van der Waals surface area contributed by atoms with Crippen LogP contribution in [0.25, 0.3) is 0 Å². The van der Waals surface area contributed by atoms with Crippen LogP contribution in [0, 0.1) is 11.8 Å². The fourth-order valence-electron chi connectivity index (χ4n) is 3.82. The van der Waals surface area contributed by atoms with Crippen LogP contribution in [-0.4, -0.2) is 72.3 Å². The summed E-state index contributed by atoms with van der Waals surface area (Å²) >= 11 is 0. The van der Waals surface area contributed by atoms with Gasteiger partial charge in [0.05, 0.1) is 11.8 Å². The van der Waals surface area contributed by atoms with Crippen molar-refractivity contribution in [3.63, 3.8) is 0 Å². The summed E-state index contributed by atoms with van der Waals surface area (Å²) in [5.41, 5.74) is 0.589. The lowest BCUT2D eigenvalue weighted by Crippen LogP contribution is -2.52. The van der Waals surface area contributed by atoms with Crippen LogP contribution >= 0.6 is 0 Å². The van der Waals surface area contributed by atoms with Crippen LogP contribution < -0.4 is 0 Å². The average molecular weight is 347 g/mol. The van der Waals surface area contributed by atoms with E-state index in [4.69, 9.17) is 4.42 Å². The lowest BCUT2D eigenvalue weighted by atomic mass is 9.94. The molecule has 3 heterocycles. The van der Waals surface area contributed by atoms with Crippen LogP contribution in [0.2, 0.25) is 0 Å². The number of hydrogen-bond donors (Lipinski definition) is 0. The van der Waals surface area contributed by atoms with Crippen molar-refractivity contribution in [1.29, 1.82) is 0 Å². The molecular weight excluding hydrogens is 318 g/mol. The highest BCUT2D eigenvalue weighted by molar-refractivity contribution is 5.94. The molecule has 0 aromatic carbocycles. The molecular formula is C19H29N3O3. The van der Waals surface area contributed by atoms with Gasteiger partial charge in [0.15, 0.2) is 0 Å². The summed E-state index contributed by atoms with van der Waals surface area (Å²) in [7, 11) is 0. The third-order valence-electron chi connectivity index (χ3n) is 5.21. The standard InChI is InChI=1S/C19H29N3O3/c1-15(2)13-20-8-10-22(11-9-20)18(23)16-3-6-21(7-4-16)19(24)17-5-12-25-14-17/h5,12,14-16H,3-4,6-11,13H2,1-2H3. The molecule has 2 saturated heterocycles. The van der Waals surface area contributed by atoms with Crippen molar-refractivity contribution in [3.8, 4) is 0 Å². The van der Waals surface area contributed by atoms with Gasteiger partial charge in [-0.15, -0.1) is 0 Å². The Hall–Kier alpha value is -1.82.